The van der Waals surface area contributed by atoms with E-state index in [9.17, 15) is 0 Å². The predicted octanol–water partition coefficient (Wildman–Crippen LogP) is 2.97. The minimum atomic E-state index is 0.271. The number of hydrogen-bond acceptors (Lipinski definition) is 2. The molecule has 3 rings (SSSR count). The largest absolute Gasteiger partial charge is 0.303 e. The Morgan fingerprint density at radius 3 is 2.65 bits per heavy atom. The molecule has 2 nitrogen and oxygen atoms in total. The van der Waals surface area contributed by atoms with E-state index in [0.29, 0.717) is 0 Å². The first-order valence-electron chi connectivity index (χ1n) is 5.94. The molecular weight excluding hydrogens is 208 g/mol. The molecule has 0 saturated heterocycles. The van der Waals surface area contributed by atoms with E-state index in [-0.39, 0.29) is 6.04 Å². The van der Waals surface area contributed by atoms with Crippen molar-refractivity contribution in [3.05, 3.63) is 65.2 Å². The van der Waals surface area contributed by atoms with Crippen molar-refractivity contribution in [2.24, 2.45) is 5.84 Å². The van der Waals surface area contributed by atoms with Crippen molar-refractivity contribution in [2.75, 3.05) is 5.01 Å². The van der Waals surface area contributed by atoms with E-state index in [2.05, 4.69) is 49.4 Å². The van der Waals surface area contributed by atoms with Crippen LogP contribution in [-0.4, -0.2) is 0 Å². The molecule has 2 heteroatoms. The van der Waals surface area contributed by atoms with Crippen LogP contribution in [0.2, 0.25) is 0 Å². The second-order valence-electron chi connectivity index (χ2n) is 4.67. The molecule has 1 aliphatic heterocycles. The molecule has 0 aliphatic carbocycles. The predicted molar refractivity (Wildman–Crippen MR) is 70.7 cm³/mol. The highest BCUT2D eigenvalue weighted by Gasteiger charge is 2.28. The summed E-state index contributed by atoms with van der Waals surface area (Å²) in [6, 6.07) is 17.2. The van der Waals surface area contributed by atoms with Crippen molar-refractivity contribution in [1.82, 2.24) is 0 Å². The van der Waals surface area contributed by atoms with Gasteiger partial charge >= 0.3 is 0 Å². The van der Waals surface area contributed by atoms with E-state index >= 15 is 0 Å². The first-order valence-corrected chi connectivity index (χ1v) is 5.94. The van der Waals surface area contributed by atoms with Crippen LogP contribution in [0.1, 0.15) is 22.7 Å². The Morgan fingerprint density at radius 1 is 1.12 bits per heavy atom. The van der Waals surface area contributed by atoms with Crippen molar-refractivity contribution in [2.45, 2.75) is 19.4 Å². The fourth-order valence-electron chi connectivity index (χ4n) is 2.56. The average Bonchev–Trinajstić information content (AvgIpc) is 2.67. The fraction of sp³-hybridized carbons (Fsp3) is 0.200. The van der Waals surface area contributed by atoms with Gasteiger partial charge in [-0.3, -0.25) is 0 Å². The zero-order valence-electron chi connectivity index (χ0n) is 9.93. The Balaban J connectivity index is 1.99. The molecular formula is C15H16N2. The van der Waals surface area contributed by atoms with Crippen LogP contribution in [0.3, 0.4) is 0 Å². The van der Waals surface area contributed by atoms with Crippen LogP contribution >= 0.6 is 0 Å². The lowest BCUT2D eigenvalue weighted by molar-refractivity contribution is 0.681. The first kappa shape index (κ1) is 10.4. The van der Waals surface area contributed by atoms with Crippen molar-refractivity contribution in [3.8, 4) is 0 Å². The van der Waals surface area contributed by atoms with E-state index in [1.54, 1.807) is 0 Å². The maximum Gasteiger partial charge on any atom is 0.0743 e. The first-order chi connectivity index (χ1) is 8.25. The summed E-state index contributed by atoms with van der Waals surface area (Å²) in [5.74, 6) is 6.21. The second kappa shape index (κ2) is 3.90. The molecule has 17 heavy (non-hydrogen) atoms. The lowest BCUT2D eigenvalue weighted by Gasteiger charge is -2.22. The third-order valence-electron chi connectivity index (χ3n) is 3.45. The summed E-state index contributed by atoms with van der Waals surface area (Å²) in [7, 11) is 0. The number of rotatable bonds is 1. The van der Waals surface area contributed by atoms with Gasteiger partial charge in [-0.05, 0) is 24.1 Å². The average molecular weight is 224 g/mol. The summed E-state index contributed by atoms with van der Waals surface area (Å²) in [6.45, 7) is 2.12. The lowest BCUT2D eigenvalue weighted by atomic mass is 10.0. The number of hydrogen-bond donors (Lipinski definition) is 1. The number of nitrogens with two attached hydrogens (primary N) is 1. The van der Waals surface area contributed by atoms with Crippen LogP contribution in [-0.2, 0) is 6.42 Å². The maximum absolute atomic E-state index is 6.21. The van der Waals surface area contributed by atoms with E-state index in [4.69, 9.17) is 5.84 Å². The van der Waals surface area contributed by atoms with Gasteiger partial charge in [-0.15, -0.1) is 0 Å². The number of fused-ring (bicyclic) bond motifs is 1. The molecule has 1 aliphatic rings. The van der Waals surface area contributed by atoms with Gasteiger partial charge in [-0.25, -0.2) is 5.84 Å². The highest BCUT2D eigenvalue weighted by molar-refractivity contribution is 5.60. The topological polar surface area (TPSA) is 29.3 Å². The molecule has 86 valence electrons. The number of benzene rings is 2. The van der Waals surface area contributed by atoms with E-state index < -0.39 is 0 Å². The maximum atomic E-state index is 6.21. The van der Waals surface area contributed by atoms with Crippen molar-refractivity contribution in [3.63, 3.8) is 0 Å². The van der Waals surface area contributed by atoms with Gasteiger partial charge in [0, 0.05) is 6.42 Å². The fourth-order valence-corrected chi connectivity index (χ4v) is 2.56. The smallest absolute Gasteiger partial charge is 0.0743 e. The summed E-state index contributed by atoms with van der Waals surface area (Å²) in [5, 5.41) is 1.89. The van der Waals surface area contributed by atoms with Crippen LogP contribution < -0.4 is 10.9 Å². The lowest BCUT2D eigenvalue weighted by Crippen LogP contribution is -2.31. The Kier molecular flexibility index (Phi) is 2.37. The highest BCUT2D eigenvalue weighted by atomic mass is 15.4. The molecule has 0 spiro atoms. The van der Waals surface area contributed by atoms with Gasteiger partial charge in [0.1, 0.15) is 0 Å². The quantitative estimate of drug-likeness (QED) is 0.754. The second-order valence-corrected chi connectivity index (χ2v) is 4.67. The third-order valence-corrected chi connectivity index (χ3v) is 3.45. The summed E-state index contributed by atoms with van der Waals surface area (Å²) in [5.41, 5.74) is 5.08. The molecule has 0 aromatic heterocycles. The number of hydrazine groups is 1. The zero-order chi connectivity index (χ0) is 11.8. The molecule has 1 atom stereocenters. The monoisotopic (exact) mass is 224 g/mol. The summed E-state index contributed by atoms with van der Waals surface area (Å²) < 4.78 is 0. The molecule has 1 heterocycles. The minimum Gasteiger partial charge on any atom is -0.303 e. The van der Waals surface area contributed by atoms with Crippen molar-refractivity contribution in [1.29, 1.82) is 0 Å². The van der Waals surface area contributed by atoms with Crippen LogP contribution in [0, 0.1) is 6.92 Å². The standard InChI is InChI=1S/C15H16N2/c1-11-7-8-14-13(9-11)10-15(17(14)16)12-5-3-2-4-6-12/h2-9,15H,10,16H2,1H3. The Bertz CT molecular complexity index is 534. The van der Waals surface area contributed by atoms with Crippen LogP contribution in [0.15, 0.2) is 48.5 Å². The van der Waals surface area contributed by atoms with E-state index in [1.165, 1.54) is 16.7 Å². The summed E-state index contributed by atoms with van der Waals surface area (Å²) in [4.78, 5) is 0. The molecule has 0 amide bonds. The van der Waals surface area contributed by atoms with Gasteiger partial charge in [0.25, 0.3) is 0 Å². The number of nitrogens with zero attached hydrogens (tertiary/aromatic N) is 1. The number of anilines is 1. The highest BCUT2D eigenvalue weighted by Crippen LogP contribution is 2.38. The Hall–Kier alpha value is -1.80. The van der Waals surface area contributed by atoms with Gasteiger partial charge in [0.15, 0.2) is 0 Å². The van der Waals surface area contributed by atoms with Gasteiger partial charge < -0.3 is 5.01 Å². The molecule has 0 radical (unpaired) electrons. The molecule has 2 aromatic rings. The molecule has 0 fully saturated rings. The third kappa shape index (κ3) is 1.71. The van der Waals surface area contributed by atoms with Gasteiger partial charge in [0.2, 0.25) is 0 Å². The van der Waals surface area contributed by atoms with Gasteiger partial charge in [0.05, 0.1) is 11.7 Å². The summed E-state index contributed by atoms with van der Waals surface area (Å²) >= 11 is 0. The molecule has 2 aromatic carbocycles. The van der Waals surface area contributed by atoms with Gasteiger partial charge in [-0.2, -0.15) is 0 Å². The van der Waals surface area contributed by atoms with E-state index in [1.807, 2.05) is 11.1 Å². The van der Waals surface area contributed by atoms with Crippen LogP contribution in [0.5, 0.6) is 0 Å². The minimum absolute atomic E-state index is 0.271. The van der Waals surface area contributed by atoms with Gasteiger partial charge in [-0.1, -0.05) is 48.0 Å². The van der Waals surface area contributed by atoms with Crippen LogP contribution in [0.4, 0.5) is 5.69 Å². The molecule has 0 bridgehead atoms. The SMILES string of the molecule is Cc1ccc2c(c1)CC(c1ccccc1)N2N. The van der Waals surface area contributed by atoms with E-state index in [0.717, 1.165) is 12.1 Å². The zero-order valence-corrected chi connectivity index (χ0v) is 9.93. The Labute approximate surface area is 102 Å². The van der Waals surface area contributed by atoms with Crippen molar-refractivity contribution >= 4 is 5.69 Å². The Morgan fingerprint density at radius 2 is 1.88 bits per heavy atom. The van der Waals surface area contributed by atoms with Crippen LogP contribution in [0.25, 0.3) is 0 Å². The number of aryl methyl sites for hydroxylation is 1. The molecule has 1 unspecified atom stereocenters. The molecule has 0 saturated carbocycles. The normalized spacial score (nSPS) is 18.2. The molecule has 2 N–H and O–H groups in total. The van der Waals surface area contributed by atoms with Crippen molar-refractivity contribution < 1.29 is 0 Å². The summed E-state index contributed by atoms with van der Waals surface area (Å²) in [6.07, 6.45) is 0.998.